The van der Waals surface area contributed by atoms with Gasteiger partial charge in [0, 0.05) is 6.42 Å². The zero-order chi connectivity index (χ0) is 24.2. The Morgan fingerprint density at radius 3 is 2.35 bits per heavy atom. The SMILES string of the molecule is COC(=O)C1=C(C(=O)OC)N(c2cc(C(=O)OC)cc3nc(Cc4ccccc4)oc23)COC1. The van der Waals surface area contributed by atoms with Gasteiger partial charge in [-0.1, -0.05) is 30.3 Å². The number of carbonyl (C=O) groups is 3. The summed E-state index contributed by atoms with van der Waals surface area (Å²) in [5.41, 5.74) is 2.01. The van der Waals surface area contributed by atoms with Gasteiger partial charge >= 0.3 is 17.9 Å². The molecule has 1 aromatic heterocycles. The van der Waals surface area contributed by atoms with Crippen molar-refractivity contribution >= 4 is 34.7 Å². The number of anilines is 1. The summed E-state index contributed by atoms with van der Waals surface area (Å²) in [6.45, 7) is -0.261. The number of fused-ring (bicyclic) bond motifs is 1. The van der Waals surface area contributed by atoms with Gasteiger partial charge in [-0.3, -0.25) is 0 Å². The molecule has 0 radical (unpaired) electrons. The van der Waals surface area contributed by atoms with Crippen LogP contribution in [0.15, 0.2) is 58.2 Å². The van der Waals surface area contributed by atoms with E-state index in [1.165, 1.54) is 38.4 Å². The Labute approximate surface area is 194 Å². The summed E-state index contributed by atoms with van der Waals surface area (Å²) in [6, 6.07) is 12.6. The molecule has 0 unspecified atom stereocenters. The van der Waals surface area contributed by atoms with Crippen molar-refractivity contribution in [3.05, 3.63) is 70.8 Å². The molecule has 0 fully saturated rings. The highest BCUT2D eigenvalue weighted by atomic mass is 16.5. The number of hydrogen-bond acceptors (Lipinski definition) is 10. The van der Waals surface area contributed by atoms with Gasteiger partial charge in [0.05, 0.1) is 44.8 Å². The van der Waals surface area contributed by atoms with Gasteiger partial charge in [0.15, 0.2) is 11.5 Å². The molecule has 0 bridgehead atoms. The van der Waals surface area contributed by atoms with E-state index in [-0.39, 0.29) is 35.9 Å². The Balaban J connectivity index is 1.90. The summed E-state index contributed by atoms with van der Waals surface area (Å²) in [6.07, 6.45) is 0.409. The van der Waals surface area contributed by atoms with Crippen molar-refractivity contribution in [1.82, 2.24) is 4.98 Å². The highest BCUT2D eigenvalue weighted by Gasteiger charge is 2.34. The van der Waals surface area contributed by atoms with Gasteiger partial charge in [-0.25, -0.2) is 19.4 Å². The number of rotatable bonds is 6. The molecule has 0 N–H and O–H groups in total. The first-order valence-electron chi connectivity index (χ1n) is 10.3. The molecule has 0 atom stereocenters. The lowest BCUT2D eigenvalue weighted by molar-refractivity contribution is -0.140. The molecule has 0 amide bonds. The number of hydrogen-bond donors (Lipinski definition) is 0. The Hall–Kier alpha value is -4.18. The smallest absolute Gasteiger partial charge is 0.355 e. The average Bonchev–Trinajstić information content (AvgIpc) is 3.29. The summed E-state index contributed by atoms with van der Waals surface area (Å²) in [5.74, 6) is -1.72. The first-order valence-corrected chi connectivity index (χ1v) is 10.3. The van der Waals surface area contributed by atoms with Crippen molar-refractivity contribution in [3.63, 3.8) is 0 Å². The predicted molar refractivity (Wildman–Crippen MR) is 119 cm³/mol. The summed E-state index contributed by atoms with van der Waals surface area (Å²) in [4.78, 5) is 43.4. The average molecular weight is 466 g/mol. The van der Waals surface area contributed by atoms with Crippen molar-refractivity contribution in [1.29, 1.82) is 0 Å². The quantitative estimate of drug-likeness (QED) is 0.396. The summed E-state index contributed by atoms with van der Waals surface area (Å²) >= 11 is 0. The topological polar surface area (TPSA) is 117 Å². The summed E-state index contributed by atoms with van der Waals surface area (Å²) in [7, 11) is 3.66. The predicted octanol–water partition coefficient (Wildman–Crippen LogP) is 2.60. The normalized spacial score (nSPS) is 13.7. The molecule has 1 aliphatic rings. The summed E-state index contributed by atoms with van der Waals surface area (Å²) in [5, 5.41) is 0. The minimum atomic E-state index is -0.774. The van der Waals surface area contributed by atoms with Crippen LogP contribution in [0, 0.1) is 0 Å². The van der Waals surface area contributed by atoms with Gasteiger partial charge in [0.25, 0.3) is 0 Å². The lowest BCUT2D eigenvalue weighted by Gasteiger charge is -2.31. The number of methoxy groups -OCH3 is 3. The van der Waals surface area contributed by atoms with Crippen LogP contribution in [0.5, 0.6) is 0 Å². The molecule has 0 saturated heterocycles. The number of esters is 3. The van der Waals surface area contributed by atoms with Gasteiger partial charge < -0.3 is 28.3 Å². The van der Waals surface area contributed by atoms with Crippen LogP contribution >= 0.6 is 0 Å². The zero-order valence-corrected chi connectivity index (χ0v) is 18.8. The molecule has 4 rings (SSSR count). The number of carbonyl (C=O) groups excluding carboxylic acids is 3. The van der Waals surface area contributed by atoms with Crippen LogP contribution < -0.4 is 4.90 Å². The Kier molecular flexibility index (Phi) is 6.60. The van der Waals surface area contributed by atoms with Crippen LogP contribution in [0.3, 0.4) is 0 Å². The number of ether oxygens (including phenoxy) is 4. The largest absolute Gasteiger partial charge is 0.466 e. The maximum Gasteiger partial charge on any atom is 0.355 e. The monoisotopic (exact) mass is 466 g/mol. The molecular formula is C24H22N2O8. The third-order valence-electron chi connectivity index (χ3n) is 5.26. The van der Waals surface area contributed by atoms with E-state index in [9.17, 15) is 14.4 Å². The molecule has 10 heteroatoms. The van der Waals surface area contributed by atoms with Crippen LogP contribution in [-0.4, -0.2) is 57.6 Å². The summed E-state index contributed by atoms with van der Waals surface area (Å²) < 4.78 is 26.2. The molecule has 2 heterocycles. The third kappa shape index (κ3) is 4.35. The Morgan fingerprint density at radius 2 is 1.68 bits per heavy atom. The van der Waals surface area contributed by atoms with Gasteiger partial charge in [0.2, 0.25) is 0 Å². The molecule has 0 spiro atoms. The van der Waals surface area contributed by atoms with Gasteiger partial charge in [-0.05, 0) is 17.7 Å². The Morgan fingerprint density at radius 1 is 0.971 bits per heavy atom. The second-order valence-corrected chi connectivity index (χ2v) is 7.32. The lowest BCUT2D eigenvalue weighted by Crippen LogP contribution is -2.39. The van der Waals surface area contributed by atoms with E-state index in [0.717, 1.165) is 5.56 Å². The number of oxazole rings is 1. The highest BCUT2D eigenvalue weighted by Crippen LogP contribution is 2.35. The van der Waals surface area contributed by atoms with Crippen LogP contribution in [-0.2, 0) is 35.0 Å². The second-order valence-electron chi connectivity index (χ2n) is 7.32. The lowest BCUT2D eigenvalue weighted by atomic mass is 10.1. The number of benzene rings is 2. The minimum Gasteiger partial charge on any atom is -0.466 e. The maximum absolute atomic E-state index is 12.7. The van der Waals surface area contributed by atoms with E-state index in [0.29, 0.717) is 23.4 Å². The second kappa shape index (κ2) is 9.75. The van der Waals surface area contributed by atoms with E-state index in [2.05, 4.69) is 4.98 Å². The Bertz CT molecular complexity index is 1280. The first-order chi connectivity index (χ1) is 16.5. The van der Waals surface area contributed by atoms with E-state index >= 15 is 0 Å². The molecule has 10 nitrogen and oxygen atoms in total. The number of aromatic nitrogens is 1. The standard InChI is InChI=1S/C24H22N2O8/c1-30-22(27)15-10-17-21(34-19(25-17)9-14-7-5-4-6-8-14)18(11-15)26-13-33-12-16(23(28)31-2)20(26)24(29)32-3/h4-8,10-11H,9,12-13H2,1-3H3. The molecule has 0 aliphatic carbocycles. The van der Waals surface area contributed by atoms with Crippen molar-refractivity contribution in [2.24, 2.45) is 0 Å². The van der Waals surface area contributed by atoms with E-state index < -0.39 is 17.9 Å². The van der Waals surface area contributed by atoms with Crippen LogP contribution in [0.1, 0.15) is 21.8 Å². The molecule has 34 heavy (non-hydrogen) atoms. The minimum absolute atomic E-state index is 0.0266. The first kappa shape index (κ1) is 23.0. The molecule has 2 aromatic carbocycles. The molecule has 176 valence electrons. The fourth-order valence-corrected chi connectivity index (χ4v) is 3.68. The highest BCUT2D eigenvalue weighted by molar-refractivity contribution is 6.06. The van der Waals surface area contributed by atoms with Crippen LogP contribution in [0.25, 0.3) is 11.1 Å². The molecule has 0 saturated carbocycles. The van der Waals surface area contributed by atoms with E-state index in [4.69, 9.17) is 23.4 Å². The van der Waals surface area contributed by atoms with Crippen LogP contribution in [0.2, 0.25) is 0 Å². The fourth-order valence-electron chi connectivity index (χ4n) is 3.68. The van der Waals surface area contributed by atoms with Crippen molar-refractivity contribution < 1.29 is 37.7 Å². The van der Waals surface area contributed by atoms with E-state index in [1.807, 2.05) is 30.3 Å². The van der Waals surface area contributed by atoms with Gasteiger partial charge in [-0.15, -0.1) is 0 Å². The van der Waals surface area contributed by atoms with Crippen molar-refractivity contribution in [2.45, 2.75) is 6.42 Å². The molecular weight excluding hydrogens is 444 g/mol. The zero-order valence-electron chi connectivity index (χ0n) is 18.8. The van der Waals surface area contributed by atoms with Crippen molar-refractivity contribution in [3.8, 4) is 0 Å². The van der Waals surface area contributed by atoms with Crippen LogP contribution in [0.4, 0.5) is 5.69 Å². The van der Waals surface area contributed by atoms with E-state index in [1.54, 1.807) is 0 Å². The third-order valence-corrected chi connectivity index (χ3v) is 5.26. The molecule has 3 aromatic rings. The van der Waals surface area contributed by atoms with Gasteiger partial charge in [0.1, 0.15) is 17.9 Å². The maximum atomic E-state index is 12.7. The number of nitrogens with zero attached hydrogens (tertiary/aromatic N) is 2. The molecule has 1 aliphatic heterocycles. The van der Waals surface area contributed by atoms with Gasteiger partial charge in [-0.2, -0.15) is 0 Å². The fraction of sp³-hybridized carbons (Fsp3) is 0.250. The van der Waals surface area contributed by atoms with Crippen molar-refractivity contribution in [2.75, 3.05) is 39.6 Å².